The van der Waals surface area contributed by atoms with Crippen LogP contribution in [0.3, 0.4) is 0 Å². The Bertz CT molecular complexity index is 261. The Balaban J connectivity index is 4.14. The summed E-state index contributed by atoms with van der Waals surface area (Å²) in [5.74, 6) is 1.08. The van der Waals surface area contributed by atoms with Crippen molar-refractivity contribution >= 4 is 5.78 Å². The van der Waals surface area contributed by atoms with Crippen LogP contribution >= 0.6 is 0 Å². The summed E-state index contributed by atoms with van der Waals surface area (Å²) in [5, 5.41) is 0. The third kappa shape index (κ3) is 6.60. The number of hydrogen-bond donors (Lipinski definition) is 0. The summed E-state index contributed by atoms with van der Waals surface area (Å²) in [6.07, 6.45) is 9.00. The number of carbonyl (C=O) groups is 1. The van der Waals surface area contributed by atoms with Gasteiger partial charge in [0.15, 0.2) is 0 Å². The van der Waals surface area contributed by atoms with E-state index in [9.17, 15) is 4.79 Å². The quantitative estimate of drug-likeness (QED) is 0.578. The first-order valence-corrected chi connectivity index (χ1v) is 6.35. The van der Waals surface area contributed by atoms with E-state index in [-0.39, 0.29) is 5.92 Å². The molecule has 0 rings (SSSR count). The standard InChI is InChI=1S/C15H26O/c1-6-8-13(4)11-14(5)15(16)10-9-12(3)7-2/h6,8,11-12,14H,7,9-10H2,1-5H3/b8-6+,13-11+. The van der Waals surface area contributed by atoms with Crippen LogP contribution in [0.2, 0.25) is 0 Å². The molecule has 0 spiro atoms. The van der Waals surface area contributed by atoms with Gasteiger partial charge in [0.1, 0.15) is 5.78 Å². The molecule has 0 heterocycles. The van der Waals surface area contributed by atoms with Crippen LogP contribution in [0.5, 0.6) is 0 Å². The fourth-order valence-electron chi connectivity index (χ4n) is 1.63. The van der Waals surface area contributed by atoms with Crippen LogP contribution in [-0.2, 0) is 4.79 Å². The minimum Gasteiger partial charge on any atom is -0.299 e. The van der Waals surface area contributed by atoms with Gasteiger partial charge >= 0.3 is 0 Å². The van der Waals surface area contributed by atoms with Crippen molar-refractivity contribution in [3.63, 3.8) is 0 Å². The minimum atomic E-state index is 0.0558. The highest BCUT2D eigenvalue weighted by Crippen LogP contribution is 2.14. The van der Waals surface area contributed by atoms with Crippen molar-refractivity contribution in [3.05, 3.63) is 23.8 Å². The molecule has 92 valence electrons. The van der Waals surface area contributed by atoms with Crippen LogP contribution in [-0.4, -0.2) is 5.78 Å². The van der Waals surface area contributed by atoms with Gasteiger partial charge in [0, 0.05) is 12.3 Å². The van der Waals surface area contributed by atoms with E-state index >= 15 is 0 Å². The van der Waals surface area contributed by atoms with Crippen molar-refractivity contribution in [2.24, 2.45) is 11.8 Å². The maximum atomic E-state index is 11.8. The topological polar surface area (TPSA) is 17.1 Å². The predicted octanol–water partition coefficient (Wildman–Crippen LogP) is 4.54. The molecule has 0 saturated heterocycles. The second-order valence-corrected chi connectivity index (χ2v) is 4.72. The van der Waals surface area contributed by atoms with E-state index in [2.05, 4.69) is 19.9 Å². The van der Waals surface area contributed by atoms with Gasteiger partial charge in [-0.05, 0) is 26.2 Å². The molecular weight excluding hydrogens is 196 g/mol. The smallest absolute Gasteiger partial charge is 0.139 e. The molecule has 0 radical (unpaired) electrons. The van der Waals surface area contributed by atoms with Crippen molar-refractivity contribution in [2.75, 3.05) is 0 Å². The normalized spacial score (nSPS) is 16.4. The Labute approximate surface area is 101 Å². The number of rotatable bonds is 7. The number of ketones is 1. The summed E-state index contributed by atoms with van der Waals surface area (Å²) in [7, 11) is 0. The monoisotopic (exact) mass is 222 g/mol. The van der Waals surface area contributed by atoms with E-state index in [1.165, 1.54) is 5.57 Å². The zero-order valence-corrected chi connectivity index (χ0v) is 11.4. The highest BCUT2D eigenvalue weighted by atomic mass is 16.1. The number of carbonyl (C=O) groups excluding carboxylic acids is 1. The SMILES string of the molecule is C/C=C/C(C)=C/C(C)C(=O)CCC(C)CC. The van der Waals surface area contributed by atoms with Crippen LogP contribution in [0.1, 0.15) is 53.9 Å². The third-order valence-corrected chi connectivity index (χ3v) is 3.03. The molecular formula is C15H26O. The third-order valence-electron chi connectivity index (χ3n) is 3.03. The molecule has 0 amide bonds. The van der Waals surface area contributed by atoms with Crippen LogP contribution in [0.25, 0.3) is 0 Å². The lowest BCUT2D eigenvalue weighted by molar-refractivity contribution is -0.121. The summed E-state index contributed by atoms with van der Waals surface area (Å²) >= 11 is 0. The van der Waals surface area contributed by atoms with Gasteiger partial charge in [0.2, 0.25) is 0 Å². The van der Waals surface area contributed by atoms with Crippen LogP contribution < -0.4 is 0 Å². The highest BCUT2D eigenvalue weighted by molar-refractivity contribution is 5.82. The average molecular weight is 222 g/mol. The molecule has 0 aliphatic heterocycles. The van der Waals surface area contributed by atoms with Gasteiger partial charge in [-0.2, -0.15) is 0 Å². The van der Waals surface area contributed by atoms with Gasteiger partial charge in [-0.15, -0.1) is 0 Å². The second kappa shape index (κ2) is 8.32. The molecule has 0 aliphatic carbocycles. The first kappa shape index (κ1) is 15.2. The van der Waals surface area contributed by atoms with E-state index in [1.807, 2.05) is 32.9 Å². The Hall–Kier alpha value is -0.850. The number of allylic oxidation sites excluding steroid dienone is 4. The van der Waals surface area contributed by atoms with Crippen molar-refractivity contribution in [3.8, 4) is 0 Å². The Morgan fingerprint density at radius 3 is 2.44 bits per heavy atom. The Morgan fingerprint density at radius 1 is 1.31 bits per heavy atom. The molecule has 2 atom stereocenters. The molecule has 1 nitrogen and oxygen atoms in total. The molecule has 0 aliphatic rings. The molecule has 0 aromatic rings. The molecule has 0 fully saturated rings. The molecule has 16 heavy (non-hydrogen) atoms. The van der Waals surface area contributed by atoms with Gasteiger partial charge in [-0.3, -0.25) is 4.79 Å². The number of Topliss-reactive ketones (excluding diaryl/α,β-unsaturated/α-hetero) is 1. The molecule has 1 heteroatoms. The molecule has 0 saturated carbocycles. The Kier molecular flexibility index (Phi) is 7.88. The van der Waals surface area contributed by atoms with Gasteiger partial charge in [-0.25, -0.2) is 0 Å². The molecule has 2 unspecified atom stereocenters. The molecule has 0 N–H and O–H groups in total. The van der Waals surface area contributed by atoms with Gasteiger partial charge in [0.25, 0.3) is 0 Å². The van der Waals surface area contributed by atoms with E-state index in [1.54, 1.807) is 0 Å². The summed E-state index contributed by atoms with van der Waals surface area (Å²) < 4.78 is 0. The predicted molar refractivity (Wildman–Crippen MR) is 71.4 cm³/mol. The fraction of sp³-hybridized carbons (Fsp3) is 0.667. The van der Waals surface area contributed by atoms with E-state index in [0.29, 0.717) is 11.7 Å². The van der Waals surface area contributed by atoms with Crippen molar-refractivity contribution in [1.29, 1.82) is 0 Å². The zero-order valence-electron chi connectivity index (χ0n) is 11.4. The summed E-state index contributed by atoms with van der Waals surface area (Å²) in [5.41, 5.74) is 1.17. The minimum absolute atomic E-state index is 0.0558. The average Bonchev–Trinajstić information content (AvgIpc) is 2.25. The van der Waals surface area contributed by atoms with Crippen LogP contribution in [0.4, 0.5) is 0 Å². The largest absolute Gasteiger partial charge is 0.299 e. The lowest BCUT2D eigenvalue weighted by Gasteiger charge is -2.10. The van der Waals surface area contributed by atoms with Crippen LogP contribution in [0, 0.1) is 11.8 Å². The number of hydrogen-bond acceptors (Lipinski definition) is 1. The van der Waals surface area contributed by atoms with E-state index in [4.69, 9.17) is 0 Å². The van der Waals surface area contributed by atoms with Crippen molar-refractivity contribution in [1.82, 2.24) is 0 Å². The van der Waals surface area contributed by atoms with Gasteiger partial charge in [-0.1, -0.05) is 51.0 Å². The van der Waals surface area contributed by atoms with E-state index < -0.39 is 0 Å². The fourth-order valence-corrected chi connectivity index (χ4v) is 1.63. The zero-order chi connectivity index (χ0) is 12.6. The first-order valence-electron chi connectivity index (χ1n) is 6.35. The highest BCUT2D eigenvalue weighted by Gasteiger charge is 2.11. The Morgan fingerprint density at radius 2 is 1.94 bits per heavy atom. The van der Waals surface area contributed by atoms with Crippen molar-refractivity contribution < 1.29 is 4.79 Å². The van der Waals surface area contributed by atoms with Gasteiger partial charge < -0.3 is 0 Å². The summed E-state index contributed by atoms with van der Waals surface area (Å²) in [6.45, 7) is 10.4. The molecule has 0 aromatic carbocycles. The maximum Gasteiger partial charge on any atom is 0.139 e. The molecule has 0 aromatic heterocycles. The van der Waals surface area contributed by atoms with Crippen LogP contribution in [0.15, 0.2) is 23.8 Å². The summed E-state index contributed by atoms with van der Waals surface area (Å²) in [6, 6.07) is 0. The molecule has 0 bridgehead atoms. The van der Waals surface area contributed by atoms with E-state index in [0.717, 1.165) is 19.3 Å². The maximum absolute atomic E-state index is 11.8. The lowest BCUT2D eigenvalue weighted by Crippen LogP contribution is -2.10. The second-order valence-electron chi connectivity index (χ2n) is 4.72. The lowest BCUT2D eigenvalue weighted by atomic mass is 9.95. The first-order chi connectivity index (χ1) is 7.51. The van der Waals surface area contributed by atoms with Gasteiger partial charge in [0.05, 0.1) is 0 Å². The summed E-state index contributed by atoms with van der Waals surface area (Å²) in [4.78, 5) is 11.8. The van der Waals surface area contributed by atoms with Crippen molar-refractivity contribution in [2.45, 2.75) is 53.9 Å².